The minimum absolute atomic E-state index is 0.240. The number of nitrogens with zero attached hydrogens (tertiary/aromatic N) is 4. The summed E-state index contributed by atoms with van der Waals surface area (Å²) in [6.45, 7) is 0. The quantitative estimate of drug-likeness (QED) is 0.495. The molecule has 130 valence electrons. The molecular formula is C21H19FN4. The molecule has 0 atom stereocenters. The van der Waals surface area contributed by atoms with Crippen LogP contribution in [0.4, 0.5) is 4.39 Å². The molecule has 1 aliphatic rings. The van der Waals surface area contributed by atoms with Crippen LogP contribution in [0.25, 0.3) is 33.7 Å². The van der Waals surface area contributed by atoms with E-state index in [1.54, 1.807) is 12.1 Å². The molecule has 0 unspecified atom stereocenters. The Morgan fingerprint density at radius 1 is 0.808 bits per heavy atom. The summed E-state index contributed by atoms with van der Waals surface area (Å²) in [6, 6.07) is 14.8. The van der Waals surface area contributed by atoms with Crippen molar-refractivity contribution in [3.05, 3.63) is 54.3 Å². The van der Waals surface area contributed by atoms with Crippen molar-refractivity contribution in [2.75, 3.05) is 0 Å². The summed E-state index contributed by atoms with van der Waals surface area (Å²) >= 11 is 0. The molecule has 0 amide bonds. The average Bonchev–Trinajstić information content (AvgIpc) is 3.05. The highest BCUT2D eigenvalue weighted by Gasteiger charge is 2.24. The summed E-state index contributed by atoms with van der Waals surface area (Å²) in [6.07, 6.45) is 5.95. The fraction of sp³-hybridized carbons (Fsp3) is 0.286. The first-order valence-corrected chi connectivity index (χ1v) is 9.20. The van der Waals surface area contributed by atoms with E-state index < -0.39 is 0 Å². The number of halogens is 1. The molecule has 1 fully saturated rings. The van der Waals surface area contributed by atoms with Gasteiger partial charge in [0.1, 0.15) is 11.6 Å². The summed E-state index contributed by atoms with van der Waals surface area (Å²) in [5.74, 6) is 0.596. The smallest absolute Gasteiger partial charge is 0.198 e. The molecule has 2 aromatic carbocycles. The number of fused-ring (bicyclic) bond motifs is 2. The van der Waals surface area contributed by atoms with Crippen LogP contribution in [0.15, 0.2) is 48.5 Å². The first-order chi connectivity index (χ1) is 12.8. The van der Waals surface area contributed by atoms with Crippen LogP contribution in [0.1, 0.15) is 38.1 Å². The third-order valence-electron chi connectivity index (χ3n) is 5.24. The third kappa shape index (κ3) is 2.55. The van der Waals surface area contributed by atoms with E-state index in [2.05, 4.69) is 4.57 Å². The monoisotopic (exact) mass is 346 g/mol. The summed E-state index contributed by atoms with van der Waals surface area (Å²) < 4.78 is 15.6. The van der Waals surface area contributed by atoms with Crippen LogP contribution in [0, 0.1) is 5.82 Å². The Balaban J connectivity index is 1.78. The van der Waals surface area contributed by atoms with Gasteiger partial charge in [-0.3, -0.25) is 0 Å². The molecule has 4 aromatic rings. The van der Waals surface area contributed by atoms with Crippen molar-refractivity contribution in [3.8, 4) is 11.4 Å². The van der Waals surface area contributed by atoms with E-state index in [9.17, 15) is 4.39 Å². The van der Waals surface area contributed by atoms with Gasteiger partial charge in [0.2, 0.25) is 0 Å². The van der Waals surface area contributed by atoms with E-state index in [4.69, 9.17) is 15.0 Å². The summed E-state index contributed by atoms with van der Waals surface area (Å²) in [7, 11) is 0. The molecule has 5 heteroatoms. The van der Waals surface area contributed by atoms with Gasteiger partial charge in [-0.15, -0.1) is 0 Å². The van der Waals surface area contributed by atoms with Gasteiger partial charge in [-0.2, -0.15) is 0 Å². The van der Waals surface area contributed by atoms with Crippen molar-refractivity contribution in [1.29, 1.82) is 0 Å². The predicted molar refractivity (Wildman–Crippen MR) is 100 cm³/mol. The van der Waals surface area contributed by atoms with Gasteiger partial charge in [-0.1, -0.05) is 31.4 Å². The van der Waals surface area contributed by atoms with E-state index in [0.717, 1.165) is 40.9 Å². The Morgan fingerprint density at radius 2 is 1.50 bits per heavy atom. The van der Waals surface area contributed by atoms with Crippen molar-refractivity contribution in [2.24, 2.45) is 0 Å². The second-order valence-corrected chi connectivity index (χ2v) is 6.96. The molecule has 0 spiro atoms. The zero-order chi connectivity index (χ0) is 17.5. The summed E-state index contributed by atoms with van der Waals surface area (Å²) in [4.78, 5) is 14.4. The molecule has 0 aliphatic heterocycles. The van der Waals surface area contributed by atoms with Gasteiger partial charge in [-0.25, -0.2) is 19.3 Å². The fourth-order valence-electron chi connectivity index (χ4n) is 3.96. The van der Waals surface area contributed by atoms with E-state index in [-0.39, 0.29) is 5.82 Å². The Kier molecular flexibility index (Phi) is 3.66. The molecule has 5 rings (SSSR count). The zero-order valence-corrected chi connectivity index (χ0v) is 14.4. The molecule has 1 saturated carbocycles. The first-order valence-electron chi connectivity index (χ1n) is 9.20. The third-order valence-corrected chi connectivity index (χ3v) is 5.24. The number of para-hydroxylation sites is 2. The maximum Gasteiger partial charge on any atom is 0.198 e. The van der Waals surface area contributed by atoms with Crippen LogP contribution in [-0.2, 0) is 0 Å². The lowest BCUT2D eigenvalue weighted by Crippen LogP contribution is -2.14. The molecule has 2 heterocycles. The lowest BCUT2D eigenvalue weighted by Gasteiger charge is -2.25. The van der Waals surface area contributed by atoms with Gasteiger partial charge >= 0.3 is 0 Å². The maximum atomic E-state index is 13.4. The maximum absolute atomic E-state index is 13.4. The van der Waals surface area contributed by atoms with Crippen LogP contribution >= 0.6 is 0 Å². The van der Waals surface area contributed by atoms with E-state index in [1.165, 1.54) is 31.4 Å². The highest BCUT2D eigenvalue weighted by Crippen LogP contribution is 2.35. The Hall–Kier alpha value is -2.82. The number of imidazole rings is 1. The fourth-order valence-corrected chi connectivity index (χ4v) is 3.96. The minimum Gasteiger partial charge on any atom is -0.304 e. The second kappa shape index (κ2) is 6.16. The highest BCUT2D eigenvalue weighted by molar-refractivity contribution is 5.85. The number of hydrogen-bond donors (Lipinski definition) is 0. The van der Waals surface area contributed by atoms with Crippen molar-refractivity contribution in [2.45, 2.75) is 38.1 Å². The predicted octanol–water partition coefficient (Wildman–Crippen LogP) is 5.29. The largest absolute Gasteiger partial charge is 0.304 e. The Labute approximate surface area is 150 Å². The number of benzene rings is 2. The van der Waals surface area contributed by atoms with Crippen LogP contribution in [0.5, 0.6) is 0 Å². The summed E-state index contributed by atoms with van der Waals surface area (Å²) in [5, 5.41) is 0. The number of aromatic nitrogens is 4. The number of rotatable bonds is 2. The topological polar surface area (TPSA) is 43.6 Å². The van der Waals surface area contributed by atoms with Crippen molar-refractivity contribution in [3.63, 3.8) is 0 Å². The molecular weight excluding hydrogens is 327 g/mol. The molecule has 26 heavy (non-hydrogen) atoms. The lowest BCUT2D eigenvalue weighted by molar-refractivity contribution is 0.361. The van der Waals surface area contributed by atoms with Gasteiger partial charge in [0.15, 0.2) is 11.3 Å². The minimum atomic E-state index is -0.240. The molecule has 0 radical (unpaired) electrons. The number of hydrogen-bond acceptors (Lipinski definition) is 3. The average molecular weight is 346 g/mol. The Bertz CT molecular complexity index is 1080. The molecule has 2 aromatic heterocycles. The van der Waals surface area contributed by atoms with Gasteiger partial charge in [0.05, 0.1) is 11.0 Å². The van der Waals surface area contributed by atoms with Gasteiger partial charge in [0.25, 0.3) is 0 Å². The highest BCUT2D eigenvalue weighted by atomic mass is 19.1. The van der Waals surface area contributed by atoms with Crippen LogP contribution < -0.4 is 0 Å². The van der Waals surface area contributed by atoms with Crippen LogP contribution in [0.2, 0.25) is 0 Å². The second-order valence-electron chi connectivity index (χ2n) is 6.96. The van der Waals surface area contributed by atoms with Gasteiger partial charge < -0.3 is 4.57 Å². The van der Waals surface area contributed by atoms with E-state index >= 15 is 0 Å². The zero-order valence-electron chi connectivity index (χ0n) is 14.4. The lowest BCUT2D eigenvalue weighted by atomic mass is 9.95. The molecule has 0 bridgehead atoms. The first kappa shape index (κ1) is 15.4. The molecule has 0 saturated heterocycles. The van der Waals surface area contributed by atoms with E-state index in [1.807, 2.05) is 24.3 Å². The molecule has 1 aliphatic carbocycles. The van der Waals surface area contributed by atoms with Gasteiger partial charge in [0, 0.05) is 11.6 Å². The molecule has 4 nitrogen and oxygen atoms in total. The van der Waals surface area contributed by atoms with Gasteiger partial charge in [-0.05, 0) is 49.2 Å². The summed E-state index contributed by atoms with van der Waals surface area (Å²) in [5.41, 5.74) is 4.12. The van der Waals surface area contributed by atoms with E-state index in [0.29, 0.717) is 11.7 Å². The Morgan fingerprint density at radius 3 is 2.23 bits per heavy atom. The SMILES string of the molecule is Fc1ccc(-c2nc3nc4ccccc4nc3n2C2CCCCC2)cc1. The van der Waals surface area contributed by atoms with Crippen LogP contribution in [-0.4, -0.2) is 19.5 Å². The van der Waals surface area contributed by atoms with Crippen molar-refractivity contribution < 1.29 is 4.39 Å². The van der Waals surface area contributed by atoms with Crippen LogP contribution in [0.3, 0.4) is 0 Å². The normalized spacial score (nSPS) is 15.7. The molecule has 0 N–H and O–H groups in total. The van der Waals surface area contributed by atoms with Crippen molar-refractivity contribution in [1.82, 2.24) is 19.5 Å². The standard InChI is InChI=1S/C21H19FN4/c22-15-12-10-14(11-13-15)20-25-19-21(26(20)16-6-2-1-3-7-16)24-18-9-5-4-8-17(18)23-19/h4-5,8-13,16H,1-3,6-7H2. The van der Waals surface area contributed by atoms with Crippen molar-refractivity contribution >= 4 is 22.3 Å².